The Hall–Kier alpha value is -2.21. The fourth-order valence-electron chi connectivity index (χ4n) is 10.0. The molecule has 0 heterocycles. The third kappa shape index (κ3) is 62.8. The van der Waals surface area contributed by atoms with Crippen LogP contribution in [0.15, 0.2) is 72.9 Å². The van der Waals surface area contributed by atoms with Crippen molar-refractivity contribution < 1.29 is 24.1 Å². The Labute approximate surface area is 481 Å². The van der Waals surface area contributed by atoms with Gasteiger partial charge in [0.2, 0.25) is 0 Å². The second-order valence-electron chi connectivity index (χ2n) is 22.8. The first kappa shape index (κ1) is 74.8. The van der Waals surface area contributed by atoms with Gasteiger partial charge in [-0.1, -0.05) is 286 Å². The molecule has 0 fully saturated rings. The molecule has 0 unspecified atom stereocenters. The van der Waals surface area contributed by atoms with Crippen molar-refractivity contribution in [2.45, 2.75) is 361 Å². The van der Waals surface area contributed by atoms with Crippen LogP contribution in [-0.2, 0) is 19.0 Å². The van der Waals surface area contributed by atoms with Crippen molar-refractivity contribution in [1.82, 2.24) is 0 Å². The Kier molecular flexibility index (Phi) is 64.4. The van der Waals surface area contributed by atoms with Crippen LogP contribution in [0.25, 0.3) is 0 Å². The van der Waals surface area contributed by atoms with Crippen LogP contribution >= 0.6 is 0 Å². The number of unbranched alkanes of at least 4 members (excludes halogenated alkanes) is 40. The van der Waals surface area contributed by atoms with Gasteiger partial charge in [-0.3, -0.25) is 4.79 Å². The van der Waals surface area contributed by atoms with E-state index in [0.717, 1.165) is 64.2 Å². The smallest absolute Gasteiger partial charge is 0.303 e. The number of carboxylic acids is 1. The Bertz CT molecular complexity index is 1200. The number of rotatable bonds is 65. The van der Waals surface area contributed by atoms with Crippen LogP contribution in [0, 0.1) is 0 Å². The van der Waals surface area contributed by atoms with E-state index < -0.39 is 11.9 Å². The minimum absolute atomic E-state index is 0.321. The van der Waals surface area contributed by atoms with Gasteiger partial charge in [0.05, 0.1) is 19.8 Å². The van der Waals surface area contributed by atoms with E-state index in [-0.39, 0.29) is 0 Å². The number of carboxylic acid groups (broad SMARTS) is 1. The first-order chi connectivity index (χ1) is 38.1. The van der Waals surface area contributed by atoms with Gasteiger partial charge in [0, 0.05) is 12.8 Å². The molecule has 0 saturated heterocycles. The fraction of sp³-hybridized carbons (Fsp3) is 0.819. The quantitative estimate of drug-likeness (QED) is 0.0374. The molecule has 0 amide bonds. The summed E-state index contributed by atoms with van der Waals surface area (Å²) in [6.45, 7) is 8.96. The van der Waals surface area contributed by atoms with Gasteiger partial charge in [0.15, 0.2) is 0 Å². The lowest BCUT2D eigenvalue weighted by atomic mass is 10.0. The molecular weight excluding hydrogens is 945 g/mol. The van der Waals surface area contributed by atoms with Crippen LogP contribution in [0.4, 0.5) is 0 Å². The second kappa shape index (κ2) is 66.3. The normalized spacial score (nSPS) is 12.6. The topological polar surface area (TPSA) is 65.0 Å². The van der Waals surface area contributed by atoms with Crippen molar-refractivity contribution in [3.8, 4) is 0 Å². The molecule has 77 heavy (non-hydrogen) atoms. The molecule has 5 nitrogen and oxygen atoms in total. The summed E-state index contributed by atoms with van der Waals surface area (Å²) < 4.78 is 20.5. The standard InChI is InChI=1S/C72H132O5/c1-4-7-10-13-16-19-22-25-28-33-38-43-48-53-58-63-68-75-72(67-62-57-52-47-42-37-32-31-36-41-46-51-56-61-66-71(73)74,76-69-64-59-54-49-44-39-34-29-26-23-20-17-14-11-8-5-2)77-70-65-60-55-50-45-40-35-30-27-24-21-18-15-12-9-6-3/h16-21,25-30H,4-15,22-24,31-70H2,1-3H3,(H,73,74)/b19-16-,20-17-,21-18-,28-25-,29-26-,30-27-. The summed E-state index contributed by atoms with van der Waals surface area (Å²) in [4.78, 5) is 10.7. The highest BCUT2D eigenvalue weighted by molar-refractivity contribution is 5.66. The summed E-state index contributed by atoms with van der Waals surface area (Å²) in [6, 6.07) is 0. The molecule has 0 radical (unpaired) electrons. The Balaban J connectivity index is 5.13. The average molecular weight is 1080 g/mol. The van der Waals surface area contributed by atoms with Crippen molar-refractivity contribution in [3.05, 3.63) is 72.9 Å². The molecule has 0 aromatic carbocycles. The van der Waals surface area contributed by atoms with Gasteiger partial charge >= 0.3 is 5.97 Å². The van der Waals surface area contributed by atoms with E-state index in [9.17, 15) is 4.79 Å². The number of hydrogen-bond donors (Lipinski definition) is 1. The molecule has 0 bridgehead atoms. The molecule has 0 aromatic heterocycles. The van der Waals surface area contributed by atoms with Crippen LogP contribution in [-0.4, -0.2) is 36.9 Å². The van der Waals surface area contributed by atoms with Gasteiger partial charge in [-0.25, -0.2) is 0 Å². The van der Waals surface area contributed by atoms with Crippen molar-refractivity contribution >= 4 is 5.97 Å². The van der Waals surface area contributed by atoms with Crippen molar-refractivity contribution in [2.24, 2.45) is 0 Å². The number of ether oxygens (including phenoxy) is 3. The zero-order valence-electron chi connectivity index (χ0n) is 51.9. The summed E-state index contributed by atoms with van der Waals surface area (Å²) in [7, 11) is 0. The van der Waals surface area contributed by atoms with Gasteiger partial charge in [-0.15, -0.1) is 0 Å². The highest BCUT2D eigenvalue weighted by Crippen LogP contribution is 2.27. The summed E-state index contributed by atoms with van der Waals surface area (Å²) in [5.74, 6) is -1.58. The third-order valence-electron chi connectivity index (χ3n) is 15.1. The summed E-state index contributed by atoms with van der Waals surface area (Å²) in [5, 5.41) is 8.84. The van der Waals surface area contributed by atoms with E-state index in [0.29, 0.717) is 26.2 Å². The first-order valence-corrected chi connectivity index (χ1v) is 34.1. The fourth-order valence-corrected chi connectivity index (χ4v) is 10.0. The van der Waals surface area contributed by atoms with Crippen molar-refractivity contribution in [3.63, 3.8) is 0 Å². The first-order valence-electron chi connectivity index (χ1n) is 34.1. The van der Waals surface area contributed by atoms with Crippen LogP contribution < -0.4 is 0 Å². The maximum atomic E-state index is 10.7. The lowest BCUT2D eigenvalue weighted by Crippen LogP contribution is -2.40. The largest absolute Gasteiger partial charge is 0.481 e. The Morgan fingerprint density at radius 3 is 0.766 bits per heavy atom. The van der Waals surface area contributed by atoms with E-state index >= 15 is 0 Å². The number of aliphatic carboxylic acids is 1. The molecule has 0 spiro atoms. The van der Waals surface area contributed by atoms with E-state index in [1.165, 1.54) is 263 Å². The molecule has 450 valence electrons. The zero-order chi connectivity index (χ0) is 55.6. The van der Waals surface area contributed by atoms with Crippen LogP contribution in [0.1, 0.15) is 355 Å². The summed E-state index contributed by atoms with van der Waals surface area (Å²) in [6.07, 6.45) is 91.5. The highest BCUT2D eigenvalue weighted by atomic mass is 16.9. The van der Waals surface area contributed by atoms with Gasteiger partial charge in [-0.05, 0) is 128 Å². The monoisotopic (exact) mass is 1080 g/mol. The average Bonchev–Trinajstić information content (AvgIpc) is 3.43. The van der Waals surface area contributed by atoms with Crippen LogP contribution in [0.3, 0.4) is 0 Å². The maximum absolute atomic E-state index is 10.7. The number of hydrogen-bond acceptors (Lipinski definition) is 4. The molecule has 0 aliphatic rings. The zero-order valence-corrected chi connectivity index (χ0v) is 51.9. The van der Waals surface area contributed by atoms with Crippen molar-refractivity contribution in [2.75, 3.05) is 19.8 Å². The lowest BCUT2D eigenvalue weighted by molar-refractivity contribution is -0.384. The van der Waals surface area contributed by atoms with Crippen LogP contribution in [0.5, 0.6) is 0 Å². The van der Waals surface area contributed by atoms with Gasteiger partial charge in [0.1, 0.15) is 0 Å². The summed E-state index contributed by atoms with van der Waals surface area (Å²) >= 11 is 0. The predicted octanol–water partition coefficient (Wildman–Crippen LogP) is 24.5. The SMILES string of the molecule is CCCCC/C=C\C/C=C\CCCCCCCCOC(CCCCCCCCCCCCCCCCC(=O)O)(OCCCCCCCC/C=C\C/C=C\CCCCC)OCCCCCCCC/C=C\C/C=C\CCCCC. The molecular formula is C72H132O5. The third-order valence-corrected chi connectivity index (χ3v) is 15.1. The molecule has 0 rings (SSSR count). The van der Waals surface area contributed by atoms with Gasteiger partial charge in [-0.2, -0.15) is 0 Å². The maximum Gasteiger partial charge on any atom is 0.303 e. The van der Waals surface area contributed by atoms with E-state index in [1.54, 1.807) is 0 Å². The second-order valence-corrected chi connectivity index (χ2v) is 22.8. The molecule has 5 heteroatoms. The molecule has 0 atom stereocenters. The predicted molar refractivity (Wildman–Crippen MR) is 340 cm³/mol. The molecule has 1 N–H and O–H groups in total. The lowest BCUT2D eigenvalue weighted by Gasteiger charge is -2.34. The number of allylic oxidation sites excluding steroid dienone is 12. The van der Waals surface area contributed by atoms with E-state index in [2.05, 4.69) is 93.7 Å². The Morgan fingerprint density at radius 2 is 0.506 bits per heavy atom. The Morgan fingerprint density at radius 1 is 0.286 bits per heavy atom. The minimum Gasteiger partial charge on any atom is -0.481 e. The van der Waals surface area contributed by atoms with Crippen LogP contribution in [0.2, 0.25) is 0 Å². The van der Waals surface area contributed by atoms with Gasteiger partial charge in [0.25, 0.3) is 5.97 Å². The van der Waals surface area contributed by atoms with E-state index in [4.69, 9.17) is 19.3 Å². The molecule has 0 aliphatic heterocycles. The highest BCUT2D eigenvalue weighted by Gasteiger charge is 2.33. The van der Waals surface area contributed by atoms with Crippen molar-refractivity contribution in [1.29, 1.82) is 0 Å². The summed E-state index contributed by atoms with van der Waals surface area (Å²) in [5.41, 5.74) is 0. The molecule has 0 aromatic rings. The minimum atomic E-state index is -0.915. The molecule has 0 saturated carbocycles. The van der Waals surface area contributed by atoms with E-state index in [1.807, 2.05) is 0 Å². The molecule has 0 aliphatic carbocycles. The van der Waals surface area contributed by atoms with Gasteiger partial charge < -0.3 is 19.3 Å². The number of carbonyl (C=O) groups is 1.